The number of Topliss-reactive ketones (excluding diaryl/α,β-unsaturated/α-hetero) is 1. The number of nitrogens with zero attached hydrogens (tertiary/aromatic N) is 2. The van der Waals surface area contributed by atoms with E-state index in [9.17, 15) is 4.79 Å². The van der Waals surface area contributed by atoms with Crippen LogP contribution in [-0.4, -0.2) is 12.8 Å². The summed E-state index contributed by atoms with van der Waals surface area (Å²) in [6.45, 7) is 1.49. The third-order valence-corrected chi connectivity index (χ3v) is 3.16. The number of nitrogens with two attached hydrogens (primary N) is 1. The lowest BCUT2D eigenvalue weighted by Gasteiger charge is -2.20. The molecule has 0 amide bonds. The van der Waals surface area contributed by atoms with Crippen LogP contribution in [0.1, 0.15) is 22.8 Å². The van der Waals surface area contributed by atoms with Gasteiger partial charge in [-0.05, 0) is 43.3 Å². The van der Waals surface area contributed by atoms with E-state index in [4.69, 9.17) is 11.0 Å². The fourth-order valence-corrected chi connectivity index (χ4v) is 2.01. The molecule has 0 aliphatic carbocycles. The van der Waals surface area contributed by atoms with Crippen molar-refractivity contribution in [2.24, 2.45) is 0 Å². The molecular weight excluding hydrogens is 250 g/mol. The van der Waals surface area contributed by atoms with E-state index >= 15 is 0 Å². The molecule has 0 saturated heterocycles. The predicted molar refractivity (Wildman–Crippen MR) is 80.1 cm³/mol. The number of anilines is 3. The van der Waals surface area contributed by atoms with Crippen LogP contribution in [0, 0.1) is 11.3 Å². The normalized spacial score (nSPS) is 9.85. The molecule has 100 valence electrons. The van der Waals surface area contributed by atoms with Gasteiger partial charge in [0.15, 0.2) is 5.78 Å². The highest BCUT2D eigenvalue weighted by Crippen LogP contribution is 2.27. The van der Waals surface area contributed by atoms with Gasteiger partial charge in [0.25, 0.3) is 0 Å². The van der Waals surface area contributed by atoms with Crippen molar-refractivity contribution in [3.8, 4) is 6.07 Å². The monoisotopic (exact) mass is 265 g/mol. The zero-order valence-electron chi connectivity index (χ0n) is 11.4. The Bertz CT molecular complexity index is 701. The Morgan fingerprint density at radius 3 is 2.50 bits per heavy atom. The van der Waals surface area contributed by atoms with Crippen LogP contribution in [0.4, 0.5) is 17.1 Å². The molecule has 0 bridgehead atoms. The molecule has 2 rings (SSSR count). The first-order valence-corrected chi connectivity index (χ1v) is 6.17. The number of hydrogen-bond donors (Lipinski definition) is 1. The molecule has 0 aromatic heterocycles. The topological polar surface area (TPSA) is 70.1 Å². The van der Waals surface area contributed by atoms with Crippen LogP contribution >= 0.6 is 0 Å². The van der Waals surface area contributed by atoms with E-state index < -0.39 is 0 Å². The van der Waals surface area contributed by atoms with Gasteiger partial charge in [-0.1, -0.05) is 6.07 Å². The number of carbonyl (C=O) groups excluding carboxylic acids is 1. The minimum atomic E-state index is -0.0526. The summed E-state index contributed by atoms with van der Waals surface area (Å²) in [5.74, 6) is -0.0526. The Morgan fingerprint density at radius 2 is 1.90 bits per heavy atom. The highest BCUT2D eigenvalue weighted by molar-refractivity contribution is 5.99. The number of hydrogen-bond acceptors (Lipinski definition) is 4. The lowest BCUT2D eigenvalue weighted by Crippen LogP contribution is -2.11. The van der Waals surface area contributed by atoms with E-state index in [1.807, 2.05) is 30.1 Å². The molecule has 2 aromatic rings. The molecule has 20 heavy (non-hydrogen) atoms. The lowest BCUT2D eigenvalue weighted by atomic mass is 10.1. The van der Waals surface area contributed by atoms with E-state index in [0.717, 1.165) is 11.4 Å². The summed E-state index contributed by atoms with van der Waals surface area (Å²) >= 11 is 0. The van der Waals surface area contributed by atoms with Gasteiger partial charge in [-0.25, -0.2) is 0 Å². The van der Waals surface area contributed by atoms with Crippen molar-refractivity contribution in [1.29, 1.82) is 5.26 Å². The molecule has 4 heteroatoms. The number of benzene rings is 2. The van der Waals surface area contributed by atoms with Gasteiger partial charge in [-0.3, -0.25) is 4.79 Å². The lowest BCUT2D eigenvalue weighted by molar-refractivity contribution is 0.101. The standard InChI is InChI=1S/C16H15N3O/c1-11(20)15-7-6-14(9-16(15)18)19(2)13-5-3-4-12(8-13)10-17/h3-9H,18H2,1-2H3. The molecule has 0 spiro atoms. The van der Waals surface area contributed by atoms with E-state index in [1.165, 1.54) is 6.92 Å². The second kappa shape index (κ2) is 5.45. The van der Waals surface area contributed by atoms with Crippen LogP contribution in [-0.2, 0) is 0 Å². The number of nitrogen functional groups attached to an aromatic ring is 1. The summed E-state index contributed by atoms with van der Waals surface area (Å²) in [4.78, 5) is 13.3. The van der Waals surface area contributed by atoms with Crippen molar-refractivity contribution in [2.75, 3.05) is 17.7 Å². The van der Waals surface area contributed by atoms with Gasteiger partial charge in [-0.2, -0.15) is 5.26 Å². The quantitative estimate of drug-likeness (QED) is 0.683. The Morgan fingerprint density at radius 1 is 1.20 bits per heavy atom. The summed E-state index contributed by atoms with van der Waals surface area (Å²) in [6, 6.07) is 14.7. The van der Waals surface area contributed by atoms with Crippen molar-refractivity contribution >= 4 is 22.8 Å². The van der Waals surface area contributed by atoms with E-state index in [2.05, 4.69) is 6.07 Å². The van der Waals surface area contributed by atoms with Crippen molar-refractivity contribution in [3.05, 3.63) is 53.6 Å². The third-order valence-electron chi connectivity index (χ3n) is 3.16. The smallest absolute Gasteiger partial charge is 0.161 e. The highest BCUT2D eigenvalue weighted by Gasteiger charge is 2.09. The summed E-state index contributed by atoms with van der Waals surface area (Å²) in [7, 11) is 1.89. The van der Waals surface area contributed by atoms with Gasteiger partial charge in [0.05, 0.1) is 11.6 Å². The van der Waals surface area contributed by atoms with Crippen LogP contribution < -0.4 is 10.6 Å². The van der Waals surface area contributed by atoms with Gasteiger partial charge < -0.3 is 10.6 Å². The number of rotatable bonds is 3. The molecule has 0 aliphatic heterocycles. The molecule has 2 N–H and O–H groups in total. The molecule has 0 saturated carbocycles. The summed E-state index contributed by atoms with van der Waals surface area (Å²) in [6.07, 6.45) is 0. The molecule has 4 nitrogen and oxygen atoms in total. The molecule has 2 aromatic carbocycles. The predicted octanol–water partition coefficient (Wildman–Crippen LogP) is 3.11. The third kappa shape index (κ3) is 2.62. The molecular formula is C16H15N3O. The second-order valence-corrected chi connectivity index (χ2v) is 4.55. The Balaban J connectivity index is 2.38. The summed E-state index contributed by atoms with van der Waals surface area (Å²) < 4.78 is 0. The van der Waals surface area contributed by atoms with Crippen molar-refractivity contribution in [3.63, 3.8) is 0 Å². The van der Waals surface area contributed by atoms with Crippen LogP contribution in [0.5, 0.6) is 0 Å². The van der Waals surface area contributed by atoms with Gasteiger partial charge in [0.1, 0.15) is 0 Å². The van der Waals surface area contributed by atoms with Crippen molar-refractivity contribution < 1.29 is 4.79 Å². The SMILES string of the molecule is CC(=O)c1ccc(N(C)c2cccc(C#N)c2)cc1N. The van der Waals surface area contributed by atoms with Gasteiger partial charge in [0, 0.05) is 29.7 Å². The molecule has 0 atom stereocenters. The molecule has 0 unspecified atom stereocenters. The zero-order chi connectivity index (χ0) is 14.7. The first-order valence-electron chi connectivity index (χ1n) is 6.17. The first kappa shape index (κ1) is 13.6. The Hall–Kier alpha value is -2.80. The summed E-state index contributed by atoms with van der Waals surface area (Å²) in [5.41, 5.74) is 9.22. The number of carbonyl (C=O) groups is 1. The first-order chi connectivity index (χ1) is 9.52. The Labute approximate surface area is 118 Å². The van der Waals surface area contributed by atoms with E-state index in [1.54, 1.807) is 24.3 Å². The van der Waals surface area contributed by atoms with Gasteiger partial charge in [-0.15, -0.1) is 0 Å². The fourth-order valence-electron chi connectivity index (χ4n) is 2.01. The van der Waals surface area contributed by atoms with Crippen LogP contribution in [0.2, 0.25) is 0 Å². The largest absolute Gasteiger partial charge is 0.398 e. The molecule has 0 radical (unpaired) electrons. The van der Waals surface area contributed by atoms with Crippen molar-refractivity contribution in [2.45, 2.75) is 6.92 Å². The zero-order valence-corrected chi connectivity index (χ0v) is 11.4. The maximum atomic E-state index is 11.4. The van der Waals surface area contributed by atoms with Crippen molar-refractivity contribution in [1.82, 2.24) is 0 Å². The van der Waals surface area contributed by atoms with Gasteiger partial charge >= 0.3 is 0 Å². The van der Waals surface area contributed by atoms with Crippen LogP contribution in [0.25, 0.3) is 0 Å². The second-order valence-electron chi connectivity index (χ2n) is 4.55. The Kier molecular flexibility index (Phi) is 3.72. The van der Waals surface area contributed by atoms with Crippen LogP contribution in [0.15, 0.2) is 42.5 Å². The van der Waals surface area contributed by atoms with E-state index in [0.29, 0.717) is 16.8 Å². The number of nitriles is 1. The molecule has 0 heterocycles. The molecule has 0 aliphatic rings. The minimum absolute atomic E-state index is 0.0526. The maximum absolute atomic E-state index is 11.4. The maximum Gasteiger partial charge on any atom is 0.161 e. The molecule has 0 fully saturated rings. The fraction of sp³-hybridized carbons (Fsp3) is 0.125. The minimum Gasteiger partial charge on any atom is -0.398 e. The summed E-state index contributed by atoms with van der Waals surface area (Å²) in [5, 5.41) is 8.93. The van der Waals surface area contributed by atoms with E-state index in [-0.39, 0.29) is 5.78 Å². The average molecular weight is 265 g/mol. The van der Waals surface area contributed by atoms with Crippen LogP contribution in [0.3, 0.4) is 0 Å². The average Bonchev–Trinajstić information content (AvgIpc) is 2.46. The highest BCUT2D eigenvalue weighted by atomic mass is 16.1. The van der Waals surface area contributed by atoms with Gasteiger partial charge in [0.2, 0.25) is 0 Å². The number of ketones is 1.